The minimum absolute atomic E-state index is 0.643. The van der Waals surface area contributed by atoms with E-state index in [9.17, 15) is 0 Å². The van der Waals surface area contributed by atoms with Crippen molar-refractivity contribution < 1.29 is 0 Å². The highest BCUT2D eigenvalue weighted by Gasteiger charge is 2.16. The van der Waals surface area contributed by atoms with Gasteiger partial charge < -0.3 is 20.4 Å². The predicted molar refractivity (Wildman–Crippen MR) is 108 cm³/mol. The number of aliphatic imine (C=N–C) groups is 1. The van der Waals surface area contributed by atoms with Crippen LogP contribution in [-0.4, -0.2) is 75.7 Å². The summed E-state index contributed by atoms with van der Waals surface area (Å²) in [5.41, 5.74) is 0. The lowest BCUT2D eigenvalue weighted by Gasteiger charge is -2.34. The molecule has 1 heterocycles. The third kappa shape index (κ3) is 8.41. The van der Waals surface area contributed by atoms with Gasteiger partial charge in [0, 0.05) is 52.9 Å². The Morgan fingerprint density at radius 2 is 1.80 bits per heavy atom. The molecule has 0 bridgehead atoms. The van der Waals surface area contributed by atoms with E-state index in [0.29, 0.717) is 5.92 Å². The smallest absolute Gasteiger partial charge is 0.190 e. The molecule has 1 saturated heterocycles. The summed E-state index contributed by atoms with van der Waals surface area (Å²) >= 11 is 0. The van der Waals surface area contributed by atoms with Crippen molar-refractivity contribution in [1.82, 2.24) is 20.4 Å². The van der Waals surface area contributed by atoms with Gasteiger partial charge in [-0.15, -0.1) is 0 Å². The summed E-state index contributed by atoms with van der Waals surface area (Å²) in [5.74, 6) is 2.63. The molecule has 1 aliphatic heterocycles. The Labute approximate surface area is 155 Å². The maximum Gasteiger partial charge on any atom is 0.190 e. The maximum absolute atomic E-state index is 4.37. The molecular weight excluding hydrogens is 310 g/mol. The van der Waals surface area contributed by atoms with Crippen molar-refractivity contribution in [2.45, 2.75) is 51.9 Å². The third-order valence-electron chi connectivity index (χ3n) is 5.81. The highest BCUT2D eigenvalue weighted by molar-refractivity contribution is 5.79. The average molecular weight is 352 g/mol. The number of hydrogen-bond donors (Lipinski definition) is 2. The molecule has 0 aromatic carbocycles. The zero-order chi connectivity index (χ0) is 17.9. The highest BCUT2D eigenvalue weighted by atomic mass is 15.2. The number of hydrogen-bond acceptors (Lipinski definition) is 3. The van der Waals surface area contributed by atoms with Crippen molar-refractivity contribution >= 4 is 5.96 Å². The van der Waals surface area contributed by atoms with Gasteiger partial charge in [-0.3, -0.25) is 4.99 Å². The van der Waals surface area contributed by atoms with Crippen molar-refractivity contribution in [2.24, 2.45) is 16.8 Å². The Bertz CT molecular complexity index is 370. The van der Waals surface area contributed by atoms with Gasteiger partial charge >= 0.3 is 0 Å². The zero-order valence-electron chi connectivity index (χ0n) is 16.9. The molecule has 2 aliphatic rings. The van der Waals surface area contributed by atoms with Crippen LogP contribution < -0.4 is 10.6 Å². The second-order valence-electron chi connectivity index (χ2n) is 8.24. The first-order valence-corrected chi connectivity index (χ1v) is 10.5. The van der Waals surface area contributed by atoms with E-state index >= 15 is 0 Å². The van der Waals surface area contributed by atoms with Gasteiger partial charge in [0.15, 0.2) is 5.96 Å². The first kappa shape index (κ1) is 20.5. The van der Waals surface area contributed by atoms with E-state index in [1.54, 1.807) is 0 Å². The quantitative estimate of drug-likeness (QED) is 0.380. The number of unbranched alkanes of at least 4 members (excludes halogenated alkanes) is 1. The van der Waals surface area contributed by atoms with Crippen LogP contribution in [0.2, 0.25) is 0 Å². The Hall–Kier alpha value is -0.810. The number of rotatable bonds is 9. The molecule has 0 aromatic rings. The van der Waals surface area contributed by atoms with Crippen LogP contribution in [0.4, 0.5) is 0 Å². The molecule has 5 heteroatoms. The normalized spacial score (nSPS) is 22.3. The summed E-state index contributed by atoms with van der Waals surface area (Å²) in [4.78, 5) is 9.37. The second-order valence-corrected chi connectivity index (χ2v) is 8.24. The first-order valence-electron chi connectivity index (χ1n) is 10.5. The standard InChI is InChI=1S/C20H41N5/c1-18(17-25-14-12-24(3)13-15-25)16-23-20(21-2)22-11-7-6-10-19-8-4-5-9-19/h18-19H,4-17H2,1-3H3,(H2,21,22,23). The van der Waals surface area contributed by atoms with E-state index in [1.165, 1.54) is 77.7 Å². The predicted octanol–water partition coefficient (Wildman–Crippen LogP) is 2.40. The van der Waals surface area contributed by atoms with Crippen LogP contribution >= 0.6 is 0 Å². The van der Waals surface area contributed by atoms with Crippen LogP contribution in [0.3, 0.4) is 0 Å². The lowest BCUT2D eigenvalue weighted by Crippen LogP contribution is -2.47. The Balaban J connectivity index is 1.50. The van der Waals surface area contributed by atoms with E-state index in [1.807, 2.05) is 7.05 Å². The molecule has 0 radical (unpaired) electrons. The highest BCUT2D eigenvalue weighted by Crippen LogP contribution is 2.28. The Kier molecular flexibility index (Phi) is 9.63. The lowest BCUT2D eigenvalue weighted by molar-refractivity contribution is 0.139. The molecule has 2 N–H and O–H groups in total. The molecule has 5 nitrogen and oxygen atoms in total. The fourth-order valence-corrected chi connectivity index (χ4v) is 4.09. The molecule has 146 valence electrons. The molecule has 1 unspecified atom stereocenters. The number of nitrogens with zero attached hydrogens (tertiary/aromatic N) is 3. The summed E-state index contributed by atoms with van der Waals surface area (Å²) in [7, 11) is 4.09. The van der Waals surface area contributed by atoms with Gasteiger partial charge in [0.05, 0.1) is 0 Å². The van der Waals surface area contributed by atoms with Crippen molar-refractivity contribution in [1.29, 1.82) is 0 Å². The fraction of sp³-hybridized carbons (Fsp3) is 0.950. The number of guanidine groups is 1. The molecule has 1 aliphatic carbocycles. The molecule has 2 rings (SSSR count). The van der Waals surface area contributed by atoms with Gasteiger partial charge in [0.2, 0.25) is 0 Å². The molecule has 1 atom stereocenters. The van der Waals surface area contributed by atoms with Crippen LogP contribution in [0, 0.1) is 11.8 Å². The maximum atomic E-state index is 4.37. The van der Waals surface area contributed by atoms with Crippen molar-refractivity contribution in [3.63, 3.8) is 0 Å². The minimum Gasteiger partial charge on any atom is -0.356 e. The topological polar surface area (TPSA) is 42.9 Å². The monoisotopic (exact) mass is 351 g/mol. The van der Waals surface area contributed by atoms with Gasteiger partial charge in [0.1, 0.15) is 0 Å². The summed E-state index contributed by atoms with van der Waals surface area (Å²) in [6.45, 7) is 10.4. The number of likely N-dealkylation sites (N-methyl/N-ethyl adjacent to an activating group) is 1. The number of nitrogens with one attached hydrogen (secondary N) is 2. The third-order valence-corrected chi connectivity index (χ3v) is 5.81. The van der Waals surface area contributed by atoms with Gasteiger partial charge in [0.25, 0.3) is 0 Å². The summed E-state index contributed by atoms with van der Waals surface area (Å²) < 4.78 is 0. The van der Waals surface area contributed by atoms with Gasteiger partial charge in [-0.2, -0.15) is 0 Å². The molecule has 0 spiro atoms. The molecular formula is C20H41N5. The second kappa shape index (κ2) is 11.7. The van der Waals surface area contributed by atoms with Crippen molar-refractivity contribution in [2.75, 3.05) is 59.9 Å². The van der Waals surface area contributed by atoms with E-state index < -0.39 is 0 Å². The van der Waals surface area contributed by atoms with Crippen LogP contribution in [0.5, 0.6) is 0 Å². The lowest BCUT2D eigenvalue weighted by atomic mass is 10.0. The summed E-state index contributed by atoms with van der Waals surface area (Å²) in [6, 6.07) is 0. The van der Waals surface area contributed by atoms with Gasteiger partial charge in [-0.1, -0.05) is 45.4 Å². The van der Waals surface area contributed by atoms with Crippen LogP contribution in [0.25, 0.3) is 0 Å². The molecule has 0 aromatic heterocycles. The molecule has 1 saturated carbocycles. The minimum atomic E-state index is 0.643. The van der Waals surface area contributed by atoms with E-state index in [-0.39, 0.29) is 0 Å². The van der Waals surface area contributed by atoms with Crippen molar-refractivity contribution in [3.8, 4) is 0 Å². The SMILES string of the molecule is CN=C(NCCCCC1CCCC1)NCC(C)CN1CCN(C)CC1. The molecule has 2 fully saturated rings. The first-order chi connectivity index (χ1) is 12.2. The molecule has 25 heavy (non-hydrogen) atoms. The zero-order valence-corrected chi connectivity index (χ0v) is 16.9. The van der Waals surface area contributed by atoms with Gasteiger partial charge in [-0.05, 0) is 25.3 Å². The van der Waals surface area contributed by atoms with E-state index in [4.69, 9.17) is 0 Å². The number of piperazine rings is 1. The molecule has 0 amide bonds. The average Bonchev–Trinajstić information content (AvgIpc) is 3.13. The summed E-state index contributed by atoms with van der Waals surface area (Å²) in [5, 5.41) is 6.98. The van der Waals surface area contributed by atoms with E-state index in [2.05, 4.69) is 39.4 Å². The van der Waals surface area contributed by atoms with Crippen LogP contribution in [0.15, 0.2) is 4.99 Å². The largest absolute Gasteiger partial charge is 0.356 e. The Morgan fingerprint density at radius 3 is 2.48 bits per heavy atom. The Morgan fingerprint density at radius 1 is 1.08 bits per heavy atom. The van der Waals surface area contributed by atoms with Crippen LogP contribution in [0.1, 0.15) is 51.9 Å². The fourth-order valence-electron chi connectivity index (χ4n) is 4.09. The summed E-state index contributed by atoms with van der Waals surface area (Å²) in [6.07, 6.45) is 9.92. The van der Waals surface area contributed by atoms with Gasteiger partial charge in [-0.25, -0.2) is 0 Å². The van der Waals surface area contributed by atoms with Crippen molar-refractivity contribution in [3.05, 3.63) is 0 Å². The van der Waals surface area contributed by atoms with E-state index in [0.717, 1.165) is 25.0 Å². The van der Waals surface area contributed by atoms with Crippen LogP contribution in [-0.2, 0) is 0 Å².